The van der Waals surface area contributed by atoms with E-state index in [9.17, 15) is 0 Å². The van der Waals surface area contributed by atoms with Gasteiger partial charge in [0.1, 0.15) is 0 Å². The van der Waals surface area contributed by atoms with E-state index in [1.807, 2.05) is 13.0 Å². The average Bonchev–Trinajstić information content (AvgIpc) is 2.62. The van der Waals surface area contributed by atoms with Crippen LogP contribution in [0, 0.1) is 0 Å². The summed E-state index contributed by atoms with van der Waals surface area (Å²) >= 11 is 0. The van der Waals surface area contributed by atoms with Crippen molar-refractivity contribution in [3.8, 4) is 0 Å². The number of rotatable bonds is 5. The summed E-state index contributed by atoms with van der Waals surface area (Å²) in [6.45, 7) is 2.87. The summed E-state index contributed by atoms with van der Waals surface area (Å²) in [5, 5.41) is 2.54. The maximum absolute atomic E-state index is 2.35. The lowest BCUT2D eigenvalue weighted by atomic mass is 10.1. The third kappa shape index (κ3) is 3.51. The van der Waals surface area contributed by atoms with Gasteiger partial charge in [0, 0.05) is 23.3 Å². The van der Waals surface area contributed by atoms with Gasteiger partial charge in [0.2, 0.25) is 0 Å². The lowest BCUT2D eigenvalue weighted by Gasteiger charge is -2.25. The zero-order valence-electron chi connectivity index (χ0n) is 13.4. The minimum atomic E-state index is 0.836. The monoisotopic (exact) mass is 299 g/mol. The first-order valence-electron chi connectivity index (χ1n) is 7.98. The van der Waals surface area contributed by atoms with E-state index in [4.69, 9.17) is 0 Å². The molecule has 3 aromatic carbocycles. The molecular formula is C22H21N. The second-order valence-corrected chi connectivity index (χ2v) is 5.40. The highest BCUT2D eigenvalue weighted by Crippen LogP contribution is 2.32. The van der Waals surface area contributed by atoms with Crippen LogP contribution in [-0.4, -0.2) is 6.54 Å². The third-order valence-electron chi connectivity index (χ3n) is 3.85. The fourth-order valence-electron chi connectivity index (χ4n) is 2.75. The summed E-state index contributed by atoms with van der Waals surface area (Å²) < 4.78 is 0. The van der Waals surface area contributed by atoms with Gasteiger partial charge in [-0.15, -0.1) is 0 Å². The smallest absolute Gasteiger partial charge is 0.0493 e. The summed E-state index contributed by atoms with van der Waals surface area (Å²) in [6.07, 6.45) is 8.39. The number of anilines is 2. The molecule has 0 aromatic heterocycles. The minimum absolute atomic E-state index is 0.836. The van der Waals surface area contributed by atoms with Gasteiger partial charge in [-0.25, -0.2) is 0 Å². The number of fused-ring (bicyclic) bond motifs is 1. The molecule has 0 amide bonds. The fourth-order valence-corrected chi connectivity index (χ4v) is 2.75. The Labute approximate surface area is 138 Å². The number of hydrogen-bond acceptors (Lipinski definition) is 1. The van der Waals surface area contributed by atoms with E-state index in [2.05, 4.69) is 95.9 Å². The topological polar surface area (TPSA) is 3.24 Å². The molecule has 0 aliphatic heterocycles. The highest BCUT2D eigenvalue weighted by atomic mass is 15.1. The number of para-hydroxylation sites is 1. The Kier molecular flexibility index (Phi) is 4.90. The molecule has 0 aliphatic carbocycles. The molecule has 0 aliphatic rings. The van der Waals surface area contributed by atoms with Crippen LogP contribution in [0.1, 0.15) is 6.92 Å². The van der Waals surface area contributed by atoms with E-state index in [0.29, 0.717) is 0 Å². The quantitative estimate of drug-likeness (QED) is 0.514. The molecule has 114 valence electrons. The lowest BCUT2D eigenvalue weighted by molar-refractivity contribution is 1.10. The van der Waals surface area contributed by atoms with Gasteiger partial charge in [-0.1, -0.05) is 78.9 Å². The van der Waals surface area contributed by atoms with Crippen LogP contribution in [0.15, 0.2) is 97.1 Å². The molecular weight excluding hydrogens is 278 g/mol. The predicted molar refractivity (Wildman–Crippen MR) is 101 cm³/mol. The van der Waals surface area contributed by atoms with E-state index in [-0.39, 0.29) is 0 Å². The zero-order valence-corrected chi connectivity index (χ0v) is 13.4. The van der Waals surface area contributed by atoms with Crippen LogP contribution in [0.25, 0.3) is 10.8 Å². The average molecular weight is 299 g/mol. The molecule has 0 radical (unpaired) electrons. The zero-order chi connectivity index (χ0) is 15.9. The first kappa shape index (κ1) is 15.1. The van der Waals surface area contributed by atoms with Crippen molar-refractivity contribution < 1.29 is 0 Å². The van der Waals surface area contributed by atoms with Gasteiger partial charge in [0.15, 0.2) is 0 Å². The molecule has 3 aromatic rings. The van der Waals surface area contributed by atoms with Gasteiger partial charge in [-0.3, -0.25) is 0 Å². The normalized spacial score (nSPS) is 11.5. The van der Waals surface area contributed by atoms with E-state index in [0.717, 1.165) is 6.54 Å². The molecule has 0 saturated heterocycles. The van der Waals surface area contributed by atoms with Gasteiger partial charge in [0.25, 0.3) is 0 Å². The van der Waals surface area contributed by atoms with Gasteiger partial charge >= 0.3 is 0 Å². The van der Waals surface area contributed by atoms with Crippen molar-refractivity contribution in [2.45, 2.75) is 6.92 Å². The summed E-state index contributed by atoms with van der Waals surface area (Å²) in [7, 11) is 0. The summed E-state index contributed by atoms with van der Waals surface area (Å²) in [5.74, 6) is 0. The fraction of sp³-hybridized carbons (Fsp3) is 0.0909. The number of hydrogen-bond donors (Lipinski definition) is 0. The minimum Gasteiger partial charge on any atom is -0.337 e. The molecule has 0 bridgehead atoms. The van der Waals surface area contributed by atoms with Crippen molar-refractivity contribution in [2.75, 3.05) is 11.4 Å². The van der Waals surface area contributed by atoms with Crippen LogP contribution in [0.2, 0.25) is 0 Å². The van der Waals surface area contributed by atoms with Crippen molar-refractivity contribution in [2.24, 2.45) is 0 Å². The van der Waals surface area contributed by atoms with E-state index < -0.39 is 0 Å². The SMILES string of the molecule is C/C=C\C=C/CN(c1ccccc1)c1cccc2ccccc12. The Morgan fingerprint density at radius 2 is 1.52 bits per heavy atom. The Morgan fingerprint density at radius 3 is 2.35 bits per heavy atom. The molecule has 0 atom stereocenters. The van der Waals surface area contributed by atoms with Gasteiger partial charge in [-0.05, 0) is 30.5 Å². The number of nitrogens with zero attached hydrogens (tertiary/aromatic N) is 1. The maximum atomic E-state index is 2.35. The van der Waals surface area contributed by atoms with Crippen LogP contribution >= 0.6 is 0 Å². The van der Waals surface area contributed by atoms with Crippen molar-refractivity contribution >= 4 is 22.1 Å². The molecule has 0 N–H and O–H groups in total. The molecule has 0 heterocycles. The lowest BCUT2D eigenvalue weighted by Crippen LogP contribution is -2.17. The van der Waals surface area contributed by atoms with Gasteiger partial charge in [-0.2, -0.15) is 0 Å². The second kappa shape index (κ2) is 7.46. The molecule has 1 heteroatoms. The molecule has 1 nitrogen and oxygen atoms in total. The predicted octanol–water partition coefficient (Wildman–Crippen LogP) is 6.11. The van der Waals surface area contributed by atoms with E-state index in [1.165, 1.54) is 22.1 Å². The largest absolute Gasteiger partial charge is 0.337 e. The number of benzene rings is 3. The summed E-state index contributed by atoms with van der Waals surface area (Å²) in [6, 6.07) is 25.6. The number of allylic oxidation sites excluding steroid dienone is 3. The van der Waals surface area contributed by atoms with Crippen molar-refractivity contribution in [1.29, 1.82) is 0 Å². The van der Waals surface area contributed by atoms with Crippen LogP contribution in [0.5, 0.6) is 0 Å². The molecule has 3 rings (SSSR count). The van der Waals surface area contributed by atoms with E-state index >= 15 is 0 Å². The van der Waals surface area contributed by atoms with Crippen LogP contribution in [0.3, 0.4) is 0 Å². The molecule has 23 heavy (non-hydrogen) atoms. The van der Waals surface area contributed by atoms with Gasteiger partial charge in [0.05, 0.1) is 0 Å². The van der Waals surface area contributed by atoms with Crippen molar-refractivity contribution in [3.63, 3.8) is 0 Å². The van der Waals surface area contributed by atoms with Crippen LogP contribution in [0.4, 0.5) is 11.4 Å². The Hall–Kier alpha value is -2.80. The highest BCUT2D eigenvalue weighted by Gasteiger charge is 2.10. The third-order valence-corrected chi connectivity index (χ3v) is 3.85. The Balaban J connectivity index is 2.06. The Morgan fingerprint density at radius 1 is 0.783 bits per heavy atom. The summed E-state index contributed by atoms with van der Waals surface area (Å²) in [5.41, 5.74) is 2.44. The molecule has 0 saturated carbocycles. The maximum Gasteiger partial charge on any atom is 0.0493 e. The van der Waals surface area contributed by atoms with Crippen molar-refractivity contribution in [1.82, 2.24) is 0 Å². The standard InChI is InChI=1S/C22H21N/c1-2-3-4-10-18-23(20-14-6-5-7-15-20)22-17-11-13-19-12-8-9-16-21(19)22/h2-17H,18H2,1H3/b3-2-,10-4-. The first-order chi connectivity index (χ1) is 11.4. The Bertz CT molecular complexity index is 810. The second-order valence-electron chi connectivity index (χ2n) is 5.40. The van der Waals surface area contributed by atoms with E-state index in [1.54, 1.807) is 0 Å². The molecule has 0 fully saturated rings. The summed E-state index contributed by atoms with van der Waals surface area (Å²) in [4.78, 5) is 2.35. The van der Waals surface area contributed by atoms with Crippen LogP contribution < -0.4 is 4.90 Å². The first-order valence-corrected chi connectivity index (χ1v) is 7.98. The van der Waals surface area contributed by atoms with Crippen LogP contribution in [-0.2, 0) is 0 Å². The molecule has 0 spiro atoms. The highest BCUT2D eigenvalue weighted by molar-refractivity contribution is 5.96. The van der Waals surface area contributed by atoms with Gasteiger partial charge < -0.3 is 4.90 Å². The van der Waals surface area contributed by atoms with Crippen molar-refractivity contribution in [3.05, 3.63) is 97.1 Å². The molecule has 0 unspecified atom stereocenters.